The molecule has 0 aromatic carbocycles. The molecule has 2 aromatic heterocycles. The van der Waals surface area contributed by atoms with E-state index in [0.717, 1.165) is 37.8 Å². The molecule has 3 rings (SSSR count). The molecule has 0 aliphatic carbocycles. The molecule has 2 aromatic rings. The third kappa shape index (κ3) is 2.91. The van der Waals surface area contributed by atoms with Crippen molar-refractivity contribution in [3.63, 3.8) is 0 Å². The van der Waals surface area contributed by atoms with Crippen molar-refractivity contribution in [2.24, 2.45) is 0 Å². The Morgan fingerprint density at radius 1 is 1.10 bits per heavy atom. The van der Waals surface area contributed by atoms with Crippen LogP contribution in [-0.2, 0) is 6.54 Å². The molecule has 0 amide bonds. The van der Waals surface area contributed by atoms with E-state index in [4.69, 9.17) is 0 Å². The number of hydrogen-bond acceptors (Lipinski definition) is 6. The van der Waals surface area contributed by atoms with E-state index >= 15 is 0 Å². The lowest BCUT2D eigenvalue weighted by atomic mass is 10.2. The third-order valence-corrected chi connectivity index (χ3v) is 3.63. The first-order valence-corrected chi connectivity index (χ1v) is 6.81. The SMILES string of the molecule is CN(Cc1ncccn1)[C@@H]1CCN(c2ncccn2)C1. The molecule has 1 aliphatic heterocycles. The van der Waals surface area contributed by atoms with Crippen molar-refractivity contribution >= 4 is 5.95 Å². The van der Waals surface area contributed by atoms with Gasteiger partial charge in [0.25, 0.3) is 0 Å². The Labute approximate surface area is 118 Å². The highest BCUT2D eigenvalue weighted by molar-refractivity contribution is 5.30. The van der Waals surface area contributed by atoms with Gasteiger partial charge in [0, 0.05) is 43.9 Å². The largest absolute Gasteiger partial charge is 0.339 e. The van der Waals surface area contributed by atoms with Gasteiger partial charge in [-0.2, -0.15) is 0 Å². The predicted molar refractivity (Wildman–Crippen MR) is 76.1 cm³/mol. The summed E-state index contributed by atoms with van der Waals surface area (Å²) < 4.78 is 0. The fraction of sp³-hybridized carbons (Fsp3) is 0.429. The van der Waals surface area contributed by atoms with E-state index in [0.29, 0.717) is 6.04 Å². The molecule has 0 saturated carbocycles. The van der Waals surface area contributed by atoms with Gasteiger partial charge in [0.05, 0.1) is 6.54 Å². The van der Waals surface area contributed by atoms with Crippen molar-refractivity contribution in [3.05, 3.63) is 42.7 Å². The maximum atomic E-state index is 4.31. The minimum Gasteiger partial charge on any atom is -0.339 e. The standard InChI is InChI=1S/C14H18N6/c1-19(11-13-15-5-2-6-16-13)12-4-9-20(10-12)14-17-7-3-8-18-14/h2-3,5-8,12H,4,9-11H2,1H3/t12-/m1/s1. The van der Waals surface area contributed by atoms with Gasteiger partial charge in [0.2, 0.25) is 5.95 Å². The molecule has 1 atom stereocenters. The molecule has 20 heavy (non-hydrogen) atoms. The summed E-state index contributed by atoms with van der Waals surface area (Å²) in [4.78, 5) is 21.7. The Morgan fingerprint density at radius 3 is 2.45 bits per heavy atom. The molecule has 6 heteroatoms. The van der Waals surface area contributed by atoms with Crippen LogP contribution in [0.1, 0.15) is 12.2 Å². The molecule has 0 spiro atoms. The average Bonchev–Trinajstić information content (AvgIpc) is 2.99. The molecule has 6 nitrogen and oxygen atoms in total. The molecular formula is C14H18N6. The van der Waals surface area contributed by atoms with Crippen molar-refractivity contribution in [3.8, 4) is 0 Å². The number of nitrogens with zero attached hydrogens (tertiary/aromatic N) is 6. The van der Waals surface area contributed by atoms with E-state index < -0.39 is 0 Å². The van der Waals surface area contributed by atoms with Crippen LogP contribution >= 0.6 is 0 Å². The lowest BCUT2D eigenvalue weighted by molar-refractivity contribution is 0.244. The van der Waals surface area contributed by atoms with Gasteiger partial charge >= 0.3 is 0 Å². The van der Waals surface area contributed by atoms with Gasteiger partial charge in [-0.25, -0.2) is 19.9 Å². The minimum atomic E-state index is 0.489. The van der Waals surface area contributed by atoms with E-state index in [-0.39, 0.29) is 0 Å². The molecule has 1 saturated heterocycles. The Hall–Kier alpha value is -2.08. The summed E-state index contributed by atoms with van der Waals surface area (Å²) in [6.07, 6.45) is 8.26. The van der Waals surface area contributed by atoms with Gasteiger partial charge in [-0.3, -0.25) is 4.90 Å². The van der Waals surface area contributed by atoms with Crippen molar-refractivity contribution in [1.82, 2.24) is 24.8 Å². The van der Waals surface area contributed by atoms with Crippen LogP contribution in [0.3, 0.4) is 0 Å². The van der Waals surface area contributed by atoms with Crippen LogP contribution in [0.2, 0.25) is 0 Å². The first kappa shape index (κ1) is 12.9. The van der Waals surface area contributed by atoms with E-state index in [1.165, 1.54) is 0 Å². The fourth-order valence-corrected chi connectivity index (χ4v) is 2.50. The molecule has 3 heterocycles. The summed E-state index contributed by atoms with van der Waals surface area (Å²) in [5.74, 6) is 1.68. The second kappa shape index (κ2) is 5.92. The third-order valence-electron chi connectivity index (χ3n) is 3.63. The first-order valence-electron chi connectivity index (χ1n) is 6.81. The van der Waals surface area contributed by atoms with Gasteiger partial charge < -0.3 is 4.90 Å². The van der Waals surface area contributed by atoms with Crippen LogP contribution in [0, 0.1) is 0 Å². The van der Waals surface area contributed by atoms with E-state index in [9.17, 15) is 0 Å². The predicted octanol–water partition coefficient (Wildman–Crippen LogP) is 0.977. The van der Waals surface area contributed by atoms with Gasteiger partial charge in [-0.1, -0.05) is 0 Å². The van der Waals surface area contributed by atoms with Crippen molar-refractivity contribution < 1.29 is 0 Å². The summed E-state index contributed by atoms with van der Waals surface area (Å²) in [5, 5.41) is 0. The van der Waals surface area contributed by atoms with Gasteiger partial charge in [-0.15, -0.1) is 0 Å². The quantitative estimate of drug-likeness (QED) is 0.825. The van der Waals surface area contributed by atoms with E-state index in [1.807, 2.05) is 12.1 Å². The van der Waals surface area contributed by atoms with Crippen LogP contribution < -0.4 is 4.90 Å². The average molecular weight is 270 g/mol. The number of anilines is 1. The Morgan fingerprint density at radius 2 is 1.75 bits per heavy atom. The highest BCUT2D eigenvalue weighted by atomic mass is 15.3. The summed E-state index contributed by atoms with van der Waals surface area (Å²) in [7, 11) is 2.12. The molecule has 0 N–H and O–H groups in total. The van der Waals surface area contributed by atoms with E-state index in [2.05, 4.69) is 36.8 Å². The first-order chi connectivity index (χ1) is 9.83. The van der Waals surface area contributed by atoms with Crippen LogP contribution in [-0.4, -0.2) is 51.0 Å². The maximum Gasteiger partial charge on any atom is 0.225 e. The van der Waals surface area contributed by atoms with Crippen LogP contribution in [0.4, 0.5) is 5.95 Å². The van der Waals surface area contributed by atoms with Gasteiger partial charge in [0.15, 0.2) is 0 Å². The zero-order valence-corrected chi connectivity index (χ0v) is 11.6. The van der Waals surface area contributed by atoms with Gasteiger partial charge in [-0.05, 0) is 25.6 Å². The van der Waals surface area contributed by atoms with Crippen molar-refractivity contribution in [1.29, 1.82) is 0 Å². The molecule has 1 fully saturated rings. The molecule has 0 unspecified atom stereocenters. The summed E-state index contributed by atoms with van der Waals surface area (Å²) >= 11 is 0. The monoisotopic (exact) mass is 270 g/mol. The fourth-order valence-electron chi connectivity index (χ4n) is 2.50. The van der Waals surface area contributed by atoms with Crippen molar-refractivity contribution in [2.45, 2.75) is 19.0 Å². The summed E-state index contributed by atoms with van der Waals surface area (Å²) in [6, 6.07) is 4.17. The lowest BCUT2D eigenvalue weighted by Gasteiger charge is -2.23. The molecule has 1 aliphatic rings. The highest BCUT2D eigenvalue weighted by Gasteiger charge is 2.27. The van der Waals surface area contributed by atoms with Crippen LogP contribution in [0.25, 0.3) is 0 Å². The number of hydrogen-bond donors (Lipinski definition) is 0. The zero-order valence-electron chi connectivity index (χ0n) is 11.6. The lowest BCUT2D eigenvalue weighted by Crippen LogP contribution is -2.35. The second-order valence-electron chi connectivity index (χ2n) is 5.02. The summed E-state index contributed by atoms with van der Waals surface area (Å²) in [6.45, 7) is 2.72. The topological polar surface area (TPSA) is 58.0 Å². The number of rotatable bonds is 4. The smallest absolute Gasteiger partial charge is 0.225 e. The number of aromatic nitrogens is 4. The molecule has 0 bridgehead atoms. The molecule has 104 valence electrons. The summed E-state index contributed by atoms with van der Waals surface area (Å²) in [5.41, 5.74) is 0. The van der Waals surface area contributed by atoms with Crippen LogP contribution in [0.15, 0.2) is 36.9 Å². The van der Waals surface area contributed by atoms with Crippen molar-refractivity contribution in [2.75, 3.05) is 25.0 Å². The second-order valence-corrected chi connectivity index (χ2v) is 5.02. The zero-order chi connectivity index (χ0) is 13.8. The Bertz CT molecular complexity index is 532. The minimum absolute atomic E-state index is 0.489. The Balaban J connectivity index is 1.60. The maximum absolute atomic E-state index is 4.31. The van der Waals surface area contributed by atoms with E-state index in [1.54, 1.807) is 24.8 Å². The highest BCUT2D eigenvalue weighted by Crippen LogP contribution is 2.19. The number of likely N-dealkylation sites (N-methyl/N-ethyl adjacent to an activating group) is 1. The normalized spacial score (nSPS) is 18.7. The van der Waals surface area contributed by atoms with Crippen LogP contribution in [0.5, 0.6) is 0 Å². The molecule has 0 radical (unpaired) electrons. The van der Waals surface area contributed by atoms with Gasteiger partial charge in [0.1, 0.15) is 5.82 Å². The molecular weight excluding hydrogens is 252 g/mol. The Kier molecular flexibility index (Phi) is 3.83.